The second-order valence-electron chi connectivity index (χ2n) is 7.19. The number of benzene rings is 3. The van der Waals surface area contributed by atoms with Gasteiger partial charge in [-0.05, 0) is 54.1 Å². The Balaban J connectivity index is 1.68. The van der Waals surface area contributed by atoms with E-state index in [9.17, 15) is 25.1 Å². The molecule has 0 atom stereocenters. The highest BCUT2D eigenvalue weighted by Gasteiger charge is 2.16. The quantitative estimate of drug-likeness (QED) is 0.299. The lowest BCUT2D eigenvalue weighted by Gasteiger charge is -2.12. The third kappa shape index (κ3) is 5.10. The lowest BCUT2D eigenvalue weighted by atomic mass is 10.1. The maximum absolute atomic E-state index is 12.6. The summed E-state index contributed by atoms with van der Waals surface area (Å²) in [5, 5.41) is 32.7. The van der Waals surface area contributed by atoms with Gasteiger partial charge in [0, 0.05) is 23.3 Å². The molecule has 0 radical (unpaired) electrons. The summed E-state index contributed by atoms with van der Waals surface area (Å²) in [4.78, 5) is 32.1. The molecule has 0 aliphatic heterocycles. The molecule has 0 saturated heterocycles. The fraction of sp³-hybridized carbons (Fsp3) is 0.0417. The van der Waals surface area contributed by atoms with Gasteiger partial charge in [-0.15, -0.1) is 0 Å². The van der Waals surface area contributed by atoms with Crippen molar-refractivity contribution in [3.63, 3.8) is 0 Å². The number of nitro benzene ring substituents is 1. The average Bonchev–Trinajstić information content (AvgIpc) is 2.81. The first-order valence-corrected chi connectivity index (χ1v) is 9.88. The molecule has 4 aromatic rings. The third-order valence-electron chi connectivity index (χ3n) is 4.85. The van der Waals surface area contributed by atoms with Crippen LogP contribution in [0.3, 0.4) is 0 Å². The maximum atomic E-state index is 12.6. The lowest BCUT2D eigenvalue weighted by molar-refractivity contribution is -0.384. The van der Waals surface area contributed by atoms with Crippen molar-refractivity contribution < 1.29 is 19.9 Å². The van der Waals surface area contributed by atoms with E-state index in [1.165, 1.54) is 42.6 Å². The van der Waals surface area contributed by atoms with Gasteiger partial charge in [-0.25, -0.2) is 9.97 Å². The van der Waals surface area contributed by atoms with E-state index in [1.807, 2.05) is 0 Å². The Hall–Kier alpha value is -4.79. The van der Waals surface area contributed by atoms with Gasteiger partial charge in [0.1, 0.15) is 17.2 Å². The summed E-state index contributed by atoms with van der Waals surface area (Å²) in [5.41, 5.74) is 2.71. The highest BCUT2D eigenvalue weighted by Crippen LogP contribution is 2.29. The van der Waals surface area contributed by atoms with Crippen LogP contribution >= 0.6 is 0 Å². The van der Waals surface area contributed by atoms with E-state index in [0.29, 0.717) is 28.1 Å². The van der Waals surface area contributed by atoms with Gasteiger partial charge in [0.15, 0.2) is 5.82 Å². The summed E-state index contributed by atoms with van der Waals surface area (Å²) in [7, 11) is 0. The molecule has 0 unspecified atom stereocenters. The van der Waals surface area contributed by atoms with E-state index in [0.717, 1.165) is 0 Å². The minimum Gasteiger partial charge on any atom is -0.508 e. The maximum Gasteiger partial charge on any atom is 0.269 e. The summed E-state index contributed by atoms with van der Waals surface area (Å²) < 4.78 is 0. The van der Waals surface area contributed by atoms with Crippen LogP contribution in [-0.2, 0) is 11.2 Å². The van der Waals surface area contributed by atoms with Crippen LogP contribution < -0.4 is 5.32 Å². The summed E-state index contributed by atoms with van der Waals surface area (Å²) in [6.45, 7) is 0. The average molecular weight is 442 g/mol. The molecule has 0 aliphatic carbocycles. The zero-order chi connectivity index (χ0) is 23.4. The number of rotatable bonds is 6. The van der Waals surface area contributed by atoms with Crippen LogP contribution in [0.4, 0.5) is 11.5 Å². The number of hydrogen-bond acceptors (Lipinski definition) is 7. The number of non-ortho nitro benzene ring substituents is 1. The van der Waals surface area contributed by atoms with E-state index in [2.05, 4.69) is 15.3 Å². The van der Waals surface area contributed by atoms with Crippen molar-refractivity contribution in [2.45, 2.75) is 6.42 Å². The van der Waals surface area contributed by atoms with Gasteiger partial charge in [0.2, 0.25) is 5.91 Å². The Morgan fingerprint density at radius 2 is 1.45 bits per heavy atom. The number of anilines is 1. The number of nitrogens with zero attached hydrogens (tertiary/aromatic N) is 3. The number of aromatic hydroxyl groups is 2. The standard InChI is InChI=1S/C24H18N4O5/c29-19-9-1-15(2-10-19)13-22(31)27-24-23(17-3-7-18(8-4-17)28(32)33)26-21(14-25-24)16-5-11-20(30)12-6-16/h1-12,14,29-30H,13H2,(H,25,27,31). The largest absolute Gasteiger partial charge is 0.508 e. The van der Waals surface area contributed by atoms with Crippen LogP contribution in [-0.4, -0.2) is 31.0 Å². The van der Waals surface area contributed by atoms with Crippen molar-refractivity contribution in [2.75, 3.05) is 5.32 Å². The number of phenolic OH excluding ortho intramolecular Hbond substituents is 2. The molecule has 0 saturated carbocycles. The molecule has 1 heterocycles. The van der Waals surface area contributed by atoms with Crippen molar-refractivity contribution in [1.82, 2.24) is 9.97 Å². The molecule has 0 aliphatic rings. The van der Waals surface area contributed by atoms with Crippen molar-refractivity contribution >= 4 is 17.4 Å². The first-order valence-electron chi connectivity index (χ1n) is 9.88. The molecule has 164 valence electrons. The fourth-order valence-electron chi connectivity index (χ4n) is 3.17. The van der Waals surface area contributed by atoms with Gasteiger partial charge >= 0.3 is 0 Å². The number of carbonyl (C=O) groups is 1. The Bertz CT molecular complexity index is 1300. The Kier molecular flexibility index (Phi) is 5.94. The summed E-state index contributed by atoms with van der Waals surface area (Å²) in [6.07, 6.45) is 1.55. The molecule has 0 spiro atoms. The number of carbonyl (C=O) groups excluding carboxylic acids is 1. The van der Waals surface area contributed by atoms with Crippen molar-refractivity contribution in [3.05, 3.63) is 94.7 Å². The van der Waals surface area contributed by atoms with Crippen LogP contribution in [0.15, 0.2) is 79.0 Å². The van der Waals surface area contributed by atoms with E-state index in [4.69, 9.17) is 0 Å². The van der Waals surface area contributed by atoms with Crippen LogP contribution in [0, 0.1) is 10.1 Å². The molecule has 3 aromatic carbocycles. The molecular weight excluding hydrogens is 424 g/mol. The van der Waals surface area contributed by atoms with Crippen molar-refractivity contribution in [2.24, 2.45) is 0 Å². The molecule has 3 N–H and O–H groups in total. The van der Waals surface area contributed by atoms with Crippen molar-refractivity contribution in [3.8, 4) is 34.0 Å². The number of aromatic nitrogens is 2. The zero-order valence-corrected chi connectivity index (χ0v) is 17.2. The van der Waals surface area contributed by atoms with Gasteiger partial charge in [-0.1, -0.05) is 12.1 Å². The highest BCUT2D eigenvalue weighted by molar-refractivity contribution is 5.94. The van der Waals surface area contributed by atoms with Gasteiger partial charge in [0.05, 0.1) is 23.2 Å². The minimum atomic E-state index is -0.497. The van der Waals surface area contributed by atoms with E-state index < -0.39 is 4.92 Å². The number of phenols is 2. The van der Waals surface area contributed by atoms with Crippen LogP contribution in [0.5, 0.6) is 11.5 Å². The van der Waals surface area contributed by atoms with Crippen LogP contribution in [0.1, 0.15) is 5.56 Å². The van der Waals surface area contributed by atoms with Gasteiger partial charge in [0.25, 0.3) is 5.69 Å². The first-order chi connectivity index (χ1) is 15.9. The smallest absolute Gasteiger partial charge is 0.269 e. The Morgan fingerprint density at radius 3 is 2.06 bits per heavy atom. The van der Waals surface area contributed by atoms with E-state index in [1.54, 1.807) is 36.4 Å². The fourth-order valence-corrected chi connectivity index (χ4v) is 3.17. The molecule has 0 fully saturated rings. The summed E-state index contributed by atoms with van der Waals surface area (Å²) in [6, 6.07) is 18.5. The summed E-state index contributed by atoms with van der Waals surface area (Å²) in [5.74, 6) is 0.0846. The SMILES string of the molecule is O=C(Cc1ccc(O)cc1)Nc1ncc(-c2ccc(O)cc2)nc1-c1ccc([N+](=O)[O-])cc1. The van der Waals surface area contributed by atoms with Crippen molar-refractivity contribution in [1.29, 1.82) is 0 Å². The highest BCUT2D eigenvalue weighted by atomic mass is 16.6. The van der Waals surface area contributed by atoms with Gasteiger partial charge < -0.3 is 15.5 Å². The third-order valence-corrected chi connectivity index (χ3v) is 4.85. The minimum absolute atomic E-state index is 0.0569. The topological polar surface area (TPSA) is 138 Å². The number of amides is 1. The van der Waals surface area contributed by atoms with E-state index >= 15 is 0 Å². The van der Waals surface area contributed by atoms with E-state index in [-0.39, 0.29) is 35.3 Å². The molecule has 1 aromatic heterocycles. The normalized spacial score (nSPS) is 10.5. The van der Waals surface area contributed by atoms with Gasteiger partial charge in [-0.3, -0.25) is 14.9 Å². The van der Waals surface area contributed by atoms with Crippen LogP contribution in [0.25, 0.3) is 22.5 Å². The molecule has 4 rings (SSSR count). The Morgan fingerprint density at radius 1 is 0.879 bits per heavy atom. The monoisotopic (exact) mass is 442 g/mol. The molecule has 9 nitrogen and oxygen atoms in total. The second kappa shape index (κ2) is 9.15. The van der Waals surface area contributed by atoms with Gasteiger partial charge in [-0.2, -0.15) is 0 Å². The predicted molar refractivity (Wildman–Crippen MR) is 122 cm³/mol. The van der Waals surface area contributed by atoms with Crippen LogP contribution in [0.2, 0.25) is 0 Å². The number of nitro groups is 1. The zero-order valence-electron chi connectivity index (χ0n) is 17.2. The molecular formula is C24H18N4O5. The Labute approximate surface area is 188 Å². The number of nitrogens with one attached hydrogen (secondary N) is 1. The number of hydrogen-bond donors (Lipinski definition) is 3. The molecule has 1 amide bonds. The summed E-state index contributed by atoms with van der Waals surface area (Å²) >= 11 is 0. The first kappa shape index (κ1) is 21.4. The molecule has 33 heavy (non-hydrogen) atoms. The second-order valence-corrected chi connectivity index (χ2v) is 7.19. The molecule has 9 heteroatoms. The predicted octanol–water partition coefficient (Wildman–Crippen LogP) is 4.31. The molecule has 0 bridgehead atoms. The lowest BCUT2D eigenvalue weighted by Crippen LogP contribution is -2.16.